The van der Waals surface area contributed by atoms with Gasteiger partial charge in [-0.25, -0.2) is 9.78 Å². The molecule has 0 saturated carbocycles. The highest BCUT2D eigenvalue weighted by Gasteiger charge is 2.24. The van der Waals surface area contributed by atoms with Crippen LogP contribution < -0.4 is 15.5 Å². The summed E-state index contributed by atoms with van der Waals surface area (Å²) in [5.74, 6) is -0.145. The van der Waals surface area contributed by atoms with E-state index >= 15 is 0 Å². The Morgan fingerprint density at radius 1 is 0.935 bits per heavy atom. The van der Waals surface area contributed by atoms with Crippen LogP contribution in [0.25, 0.3) is 0 Å². The van der Waals surface area contributed by atoms with E-state index in [-0.39, 0.29) is 5.91 Å². The SMILES string of the molecule is O=C(Nc1ccc(Cl)cc1)Nc1nc(C(=O)N2CCN(c3cccc(Cl)c3)CC2)cs1. The number of urea groups is 1. The predicted molar refractivity (Wildman–Crippen MR) is 126 cm³/mol. The second kappa shape index (κ2) is 9.55. The number of carbonyl (C=O) groups is 2. The van der Waals surface area contributed by atoms with Crippen molar-refractivity contribution < 1.29 is 9.59 Å². The minimum absolute atomic E-state index is 0.145. The minimum atomic E-state index is -0.439. The van der Waals surface area contributed by atoms with E-state index in [1.165, 1.54) is 11.3 Å². The summed E-state index contributed by atoms with van der Waals surface area (Å²) >= 11 is 13.1. The first-order valence-electron chi connectivity index (χ1n) is 9.57. The number of rotatable bonds is 4. The molecule has 1 saturated heterocycles. The van der Waals surface area contributed by atoms with E-state index in [0.29, 0.717) is 52.7 Å². The van der Waals surface area contributed by atoms with Crippen molar-refractivity contribution in [1.29, 1.82) is 0 Å². The van der Waals surface area contributed by atoms with Gasteiger partial charge in [0.1, 0.15) is 5.69 Å². The third kappa shape index (κ3) is 5.46. The summed E-state index contributed by atoms with van der Waals surface area (Å²) in [4.78, 5) is 33.2. The zero-order valence-corrected chi connectivity index (χ0v) is 18.7. The lowest BCUT2D eigenvalue weighted by Gasteiger charge is -2.35. The molecule has 0 spiro atoms. The van der Waals surface area contributed by atoms with Crippen LogP contribution in [0.2, 0.25) is 10.0 Å². The Labute approximate surface area is 193 Å². The number of anilines is 3. The third-order valence-electron chi connectivity index (χ3n) is 4.79. The second-order valence-corrected chi connectivity index (χ2v) is 8.61. The lowest BCUT2D eigenvalue weighted by molar-refractivity contribution is 0.0741. The van der Waals surface area contributed by atoms with Gasteiger partial charge in [-0.15, -0.1) is 11.3 Å². The van der Waals surface area contributed by atoms with Gasteiger partial charge in [0.25, 0.3) is 5.91 Å². The maximum absolute atomic E-state index is 12.8. The van der Waals surface area contributed by atoms with E-state index in [1.54, 1.807) is 34.5 Å². The van der Waals surface area contributed by atoms with Gasteiger partial charge < -0.3 is 15.1 Å². The Morgan fingerprint density at radius 2 is 1.68 bits per heavy atom. The lowest BCUT2D eigenvalue weighted by atomic mass is 10.2. The van der Waals surface area contributed by atoms with Crippen LogP contribution in [0, 0.1) is 0 Å². The smallest absolute Gasteiger partial charge is 0.325 e. The van der Waals surface area contributed by atoms with E-state index in [4.69, 9.17) is 23.2 Å². The number of benzene rings is 2. The number of halogens is 2. The van der Waals surface area contributed by atoms with Crippen LogP contribution in [-0.2, 0) is 0 Å². The largest absolute Gasteiger partial charge is 0.368 e. The monoisotopic (exact) mass is 475 g/mol. The average molecular weight is 476 g/mol. The van der Waals surface area contributed by atoms with Gasteiger partial charge in [-0.1, -0.05) is 29.3 Å². The molecule has 4 rings (SSSR count). The maximum Gasteiger partial charge on any atom is 0.325 e. The van der Waals surface area contributed by atoms with Crippen molar-refractivity contribution in [3.05, 3.63) is 69.7 Å². The van der Waals surface area contributed by atoms with Crippen LogP contribution in [0.5, 0.6) is 0 Å². The van der Waals surface area contributed by atoms with Gasteiger partial charge in [0.15, 0.2) is 5.13 Å². The van der Waals surface area contributed by atoms with Crippen LogP contribution >= 0.6 is 34.5 Å². The number of carbonyl (C=O) groups excluding carboxylic acids is 2. The quantitative estimate of drug-likeness (QED) is 0.552. The number of piperazine rings is 1. The Kier molecular flexibility index (Phi) is 6.60. The van der Waals surface area contributed by atoms with Crippen molar-refractivity contribution in [3.63, 3.8) is 0 Å². The molecule has 0 unspecified atom stereocenters. The molecule has 2 N–H and O–H groups in total. The number of hydrogen-bond acceptors (Lipinski definition) is 5. The molecule has 0 atom stereocenters. The van der Waals surface area contributed by atoms with Gasteiger partial charge in [-0.2, -0.15) is 0 Å². The number of aromatic nitrogens is 1. The number of thiazole rings is 1. The Bertz CT molecular complexity index is 1080. The van der Waals surface area contributed by atoms with E-state index in [9.17, 15) is 9.59 Å². The highest BCUT2D eigenvalue weighted by molar-refractivity contribution is 7.14. The highest BCUT2D eigenvalue weighted by Crippen LogP contribution is 2.22. The normalized spacial score (nSPS) is 13.7. The van der Waals surface area contributed by atoms with Crippen molar-refractivity contribution in [2.75, 3.05) is 41.7 Å². The first-order valence-corrected chi connectivity index (χ1v) is 11.2. The summed E-state index contributed by atoms with van der Waals surface area (Å²) in [7, 11) is 0. The minimum Gasteiger partial charge on any atom is -0.368 e. The standard InChI is InChI=1S/C21H19Cl2N5O2S/c22-14-4-6-16(7-5-14)24-20(30)26-21-25-18(13-31-21)19(29)28-10-8-27(9-11-28)17-3-1-2-15(23)12-17/h1-7,12-13H,8-11H2,(H2,24,25,26,30). The number of nitrogens with zero attached hydrogens (tertiary/aromatic N) is 3. The van der Waals surface area contributed by atoms with Crippen molar-refractivity contribution in [2.45, 2.75) is 0 Å². The van der Waals surface area contributed by atoms with Gasteiger partial charge in [0.2, 0.25) is 0 Å². The molecule has 0 aliphatic carbocycles. The molecule has 2 heterocycles. The topological polar surface area (TPSA) is 77.6 Å². The molecule has 10 heteroatoms. The number of hydrogen-bond donors (Lipinski definition) is 2. The predicted octanol–water partition coefficient (Wildman–Crippen LogP) is 5.06. The summed E-state index contributed by atoms with van der Waals surface area (Å²) in [6.07, 6.45) is 0. The van der Waals surface area contributed by atoms with Crippen LogP contribution in [0.3, 0.4) is 0 Å². The molecule has 7 nitrogen and oxygen atoms in total. The molecule has 0 radical (unpaired) electrons. The zero-order valence-electron chi connectivity index (χ0n) is 16.3. The fourth-order valence-electron chi connectivity index (χ4n) is 3.22. The van der Waals surface area contributed by atoms with Gasteiger partial charge in [0.05, 0.1) is 0 Å². The Morgan fingerprint density at radius 3 is 2.39 bits per heavy atom. The van der Waals surface area contributed by atoms with Gasteiger partial charge in [-0.3, -0.25) is 10.1 Å². The van der Waals surface area contributed by atoms with Gasteiger partial charge in [0, 0.05) is 53.0 Å². The molecule has 3 aromatic rings. The molecular weight excluding hydrogens is 457 g/mol. The average Bonchev–Trinajstić information content (AvgIpc) is 3.23. The van der Waals surface area contributed by atoms with Crippen LogP contribution in [-0.4, -0.2) is 48.0 Å². The highest BCUT2D eigenvalue weighted by atomic mass is 35.5. The Hall–Kier alpha value is -2.81. The van der Waals surface area contributed by atoms with E-state index in [0.717, 1.165) is 5.69 Å². The second-order valence-electron chi connectivity index (χ2n) is 6.88. The summed E-state index contributed by atoms with van der Waals surface area (Å²) in [5.41, 5.74) is 1.97. The molecule has 1 aromatic heterocycles. The number of nitrogens with one attached hydrogen (secondary N) is 2. The lowest BCUT2D eigenvalue weighted by Crippen LogP contribution is -2.48. The number of amides is 3. The van der Waals surface area contributed by atoms with Gasteiger partial charge >= 0.3 is 6.03 Å². The summed E-state index contributed by atoms with van der Waals surface area (Å²) in [6, 6.07) is 14.0. The molecule has 3 amide bonds. The maximum atomic E-state index is 12.8. The molecule has 0 bridgehead atoms. The molecule has 1 aliphatic rings. The molecule has 1 aliphatic heterocycles. The van der Waals surface area contributed by atoms with Crippen molar-refractivity contribution >= 4 is 63.0 Å². The van der Waals surface area contributed by atoms with E-state index in [1.807, 2.05) is 24.3 Å². The van der Waals surface area contributed by atoms with Crippen molar-refractivity contribution in [3.8, 4) is 0 Å². The summed E-state index contributed by atoms with van der Waals surface area (Å²) in [5, 5.41) is 8.63. The van der Waals surface area contributed by atoms with E-state index < -0.39 is 6.03 Å². The molecular formula is C21H19Cl2N5O2S. The first-order chi connectivity index (χ1) is 15.0. The van der Waals surface area contributed by atoms with Gasteiger partial charge in [-0.05, 0) is 42.5 Å². The van der Waals surface area contributed by atoms with Crippen molar-refractivity contribution in [1.82, 2.24) is 9.88 Å². The Balaban J connectivity index is 1.31. The van der Waals surface area contributed by atoms with Crippen LogP contribution in [0.4, 0.5) is 21.3 Å². The fraction of sp³-hybridized carbons (Fsp3) is 0.190. The van der Waals surface area contributed by atoms with E-state index in [2.05, 4.69) is 20.5 Å². The first kappa shape index (κ1) is 21.4. The molecule has 1 fully saturated rings. The third-order valence-corrected chi connectivity index (χ3v) is 6.03. The molecule has 2 aromatic carbocycles. The van der Waals surface area contributed by atoms with Crippen molar-refractivity contribution in [2.24, 2.45) is 0 Å². The summed E-state index contributed by atoms with van der Waals surface area (Å²) in [6.45, 7) is 2.60. The van der Waals surface area contributed by atoms with Crippen LogP contribution in [0.1, 0.15) is 10.5 Å². The molecule has 160 valence electrons. The fourth-order valence-corrected chi connectivity index (χ4v) is 4.21. The summed E-state index contributed by atoms with van der Waals surface area (Å²) < 4.78 is 0. The molecule has 31 heavy (non-hydrogen) atoms. The zero-order chi connectivity index (χ0) is 21.8. The van der Waals surface area contributed by atoms with Crippen LogP contribution in [0.15, 0.2) is 53.9 Å².